The van der Waals surface area contributed by atoms with Crippen molar-refractivity contribution in [2.45, 2.75) is 38.3 Å². The molecule has 0 radical (unpaired) electrons. The van der Waals surface area contributed by atoms with Gasteiger partial charge in [-0.15, -0.1) is 0 Å². The van der Waals surface area contributed by atoms with E-state index in [0.29, 0.717) is 6.04 Å². The first-order valence-electron chi connectivity index (χ1n) is 6.18. The van der Waals surface area contributed by atoms with E-state index < -0.39 is 0 Å². The second-order valence-electron chi connectivity index (χ2n) is 5.40. The number of hydrogen-bond acceptors (Lipinski definition) is 3. The average molecular weight is 212 g/mol. The van der Waals surface area contributed by atoms with Crippen molar-refractivity contribution in [1.82, 2.24) is 9.80 Å². The van der Waals surface area contributed by atoms with Gasteiger partial charge in [-0.05, 0) is 33.7 Å². The molecule has 2 aliphatic heterocycles. The highest BCUT2D eigenvalue weighted by Gasteiger charge is 2.38. The summed E-state index contributed by atoms with van der Waals surface area (Å²) in [7, 11) is 2.21. The lowest BCUT2D eigenvalue weighted by atomic mass is 9.89. The summed E-state index contributed by atoms with van der Waals surface area (Å²) in [4.78, 5) is 4.97. The molecule has 1 spiro atoms. The van der Waals surface area contributed by atoms with E-state index in [1.54, 1.807) is 0 Å². The van der Waals surface area contributed by atoms with Crippen LogP contribution in [-0.2, 0) is 4.74 Å². The summed E-state index contributed by atoms with van der Waals surface area (Å²) in [5, 5.41) is 0. The zero-order valence-electron chi connectivity index (χ0n) is 10.3. The summed E-state index contributed by atoms with van der Waals surface area (Å²) in [6.07, 6.45) is 2.41. The lowest BCUT2D eigenvalue weighted by Gasteiger charge is -2.47. The zero-order valence-corrected chi connectivity index (χ0v) is 10.3. The second kappa shape index (κ2) is 4.40. The largest absolute Gasteiger partial charge is 0.372 e. The Balaban J connectivity index is 1.90. The fourth-order valence-electron chi connectivity index (χ4n) is 2.78. The SMILES string of the molecule is CC(C)N1CCC2(CC1)CN(C)CCO2. The minimum absolute atomic E-state index is 0.179. The Morgan fingerprint density at radius 3 is 2.33 bits per heavy atom. The first-order valence-corrected chi connectivity index (χ1v) is 6.18. The van der Waals surface area contributed by atoms with Crippen LogP contribution in [0.3, 0.4) is 0 Å². The predicted octanol–water partition coefficient (Wildman–Crippen LogP) is 1.19. The molecule has 15 heavy (non-hydrogen) atoms. The molecule has 2 saturated heterocycles. The van der Waals surface area contributed by atoms with E-state index >= 15 is 0 Å². The van der Waals surface area contributed by atoms with Crippen LogP contribution in [0.2, 0.25) is 0 Å². The molecule has 0 atom stereocenters. The first kappa shape index (κ1) is 11.4. The summed E-state index contributed by atoms with van der Waals surface area (Å²) in [6.45, 7) is 10.1. The van der Waals surface area contributed by atoms with Crippen molar-refractivity contribution >= 4 is 0 Å². The molecule has 2 heterocycles. The molecule has 3 heteroatoms. The fraction of sp³-hybridized carbons (Fsp3) is 1.00. The predicted molar refractivity (Wildman–Crippen MR) is 62.1 cm³/mol. The third-order valence-electron chi connectivity index (χ3n) is 3.88. The summed E-state index contributed by atoms with van der Waals surface area (Å²) in [6, 6.07) is 0.684. The Bertz CT molecular complexity index is 210. The van der Waals surface area contributed by atoms with Crippen LogP contribution in [0.25, 0.3) is 0 Å². The van der Waals surface area contributed by atoms with Gasteiger partial charge in [0.05, 0.1) is 12.2 Å². The molecule has 0 aromatic heterocycles. The van der Waals surface area contributed by atoms with Crippen molar-refractivity contribution in [3.8, 4) is 0 Å². The summed E-state index contributed by atoms with van der Waals surface area (Å²) < 4.78 is 6.04. The maximum atomic E-state index is 6.04. The van der Waals surface area contributed by atoms with Crippen molar-refractivity contribution in [2.24, 2.45) is 0 Å². The van der Waals surface area contributed by atoms with Crippen LogP contribution >= 0.6 is 0 Å². The number of rotatable bonds is 1. The number of morpholine rings is 1. The van der Waals surface area contributed by atoms with Crippen molar-refractivity contribution < 1.29 is 4.74 Å². The number of likely N-dealkylation sites (tertiary alicyclic amines) is 1. The number of nitrogens with zero attached hydrogens (tertiary/aromatic N) is 2. The fourth-order valence-corrected chi connectivity index (χ4v) is 2.78. The number of ether oxygens (including phenoxy) is 1. The van der Waals surface area contributed by atoms with Crippen molar-refractivity contribution in [3.63, 3.8) is 0 Å². The molecule has 0 bridgehead atoms. The molecule has 88 valence electrons. The molecular weight excluding hydrogens is 188 g/mol. The van der Waals surface area contributed by atoms with Crippen LogP contribution in [0, 0.1) is 0 Å². The number of hydrogen-bond donors (Lipinski definition) is 0. The molecule has 0 aliphatic carbocycles. The molecule has 2 fully saturated rings. The summed E-state index contributed by atoms with van der Waals surface area (Å²) in [5.41, 5.74) is 0.179. The molecule has 0 aromatic rings. The maximum Gasteiger partial charge on any atom is 0.0833 e. The highest BCUT2D eigenvalue weighted by molar-refractivity contribution is 4.92. The Morgan fingerprint density at radius 1 is 1.13 bits per heavy atom. The Morgan fingerprint density at radius 2 is 1.80 bits per heavy atom. The van der Waals surface area contributed by atoms with E-state index in [1.807, 2.05) is 0 Å². The first-order chi connectivity index (χ1) is 7.11. The van der Waals surface area contributed by atoms with Crippen LogP contribution in [-0.4, -0.2) is 61.3 Å². The molecule has 0 unspecified atom stereocenters. The maximum absolute atomic E-state index is 6.04. The van der Waals surface area contributed by atoms with Crippen LogP contribution < -0.4 is 0 Å². The van der Waals surface area contributed by atoms with Gasteiger partial charge in [-0.3, -0.25) is 0 Å². The van der Waals surface area contributed by atoms with E-state index in [1.165, 1.54) is 25.9 Å². The minimum atomic E-state index is 0.179. The molecule has 0 N–H and O–H groups in total. The van der Waals surface area contributed by atoms with Gasteiger partial charge in [0.2, 0.25) is 0 Å². The third kappa shape index (κ3) is 2.52. The van der Waals surface area contributed by atoms with Gasteiger partial charge in [-0.25, -0.2) is 0 Å². The molecular formula is C12H24N2O. The van der Waals surface area contributed by atoms with Crippen molar-refractivity contribution in [2.75, 3.05) is 39.8 Å². The van der Waals surface area contributed by atoms with Gasteiger partial charge >= 0.3 is 0 Å². The smallest absolute Gasteiger partial charge is 0.0833 e. The average Bonchev–Trinajstić information content (AvgIpc) is 2.18. The van der Waals surface area contributed by atoms with Gasteiger partial charge in [-0.1, -0.05) is 0 Å². The summed E-state index contributed by atoms with van der Waals surface area (Å²) >= 11 is 0. The third-order valence-corrected chi connectivity index (χ3v) is 3.88. The lowest BCUT2D eigenvalue weighted by molar-refractivity contribution is -0.132. The number of likely N-dealkylation sites (N-methyl/N-ethyl adjacent to an activating group) is 1. The van der Waals surface area contributed by atoms with Crippen molar-refractivity contribution in [1.29, 1.82) is 0 Å². The van der Waals surface area contributed by atoms with Crippen LogP contribution in [0.4, 0.5) is 0 Å². The molecule has 3 nitrogen and oxygen atoms in total. The Hall–Kier alpha value is -0.120. The van der Waals surface area contributed by atoms with E-state index in [9.17, 15) is 0 Å². The van der Waals surface area contributed by atoms with E-state index in [0.717, 1.165) is 19.7 Å². The molecule has 2 aliphatic rings. The molecule has 2 rings (SSSR count). The quantitative estimate of drug-likeness (QED) is 0.649. The molecule has 0 amide bonds. The van der Waals surface area contributed by atoms with E-state index in [4.69, 9.17) is 4.74 Å². The van der Waals surface area contributed by atoms with E-state index in [-0.39, 0.29) is 5.60 Å². The van der Waals surface area contributed by atoms with E-state index in [2.05, 4.69) is 30.7 Å². The van der Waals surface area contributed by atoms with Gasteiger partial charge < -0.3 is 14.5 Å². The standard InChI is InChI=1S/C12H24N2O/c1-11(2)14-6-4-12(5-7-14)10-13(3)8-9-15-12/h11H,4-10H2,1-3H3. The van der Waals surface area contributed by atoms with Crippen LogP contribution in [0.15, 0.2) is 0 Å². The number of piperidine rings is 1. The van der Waals surface area contributed by atoms with Gasteiger partial charge in [-0.2, -0.15) is 0 Å². The topological polar surface area (TPSA) is 15.7 Å². The Labute approximate surface area is 93.4 Å². The van der Waals surface area contributed by atoms with Gasteiger partial charge in [0.15, 0.2) is 0 Å². The minimum Gasteiger partial charge on any atom is -0.372 e. The normalized spacial score (nSPS) is 28.8. The van der Waals surface area contributed by atoms with Gasteiger partial charge in [0.1, 0.15) is 0 Å². The van der Waals surface area contributed by atoms with Gasteiger partial charge in [0, 0.05) is 32.2 Å². The lowest BCUT2D eigenvalue weighted by Crippen LogP contribution is -2.56. The van der Waals surface area contributed by atoms with Crippen molar-refractivity contribution in [3.05, 3.63) is 0 Å². The van der Waals surface area contributed by atoms with Crippen LogP contribution in [0.5, 0.6) is 0 Å². The Kier molecular flexibility index (Phi) is 3.33. The highest BCUT2D eigenvalue weighted by Crippen LogP contribution is 2.30. The summed E-state index contributed by atoms with van der Waals surface area (Å²) in [5.74, 6) is 0. The second-order valence-corrected chi connectivity index (χ2v) is 5.40. The van der Waals surface area contributed by atoms with Gasteiger partial charge in [0.25, 0.3) is 0 Å². The highest BCUT2D eigenvalue weighted by atomic mass is 16.5. The molecule has 0 aromatic carbocycles. The zero-order chi connectivity index (χ0) is 10.9. The molecule has 0 saturated carbocycles. The monoisotopic (exact) mass is 212 g/mol. The van der Waals surface area contributed by atoms with Crippen LogP contribution in [0.1, 0.15) is 26.7 Å².